The van der Waals surface area contributed by atoms with Crippen molar-refractivity contribution >= 4 is 175 Å². The molecule has 716 valence electrons. The number of nitrogens with zero attached hydrogens (tertiary/aromatic N) is 14. The minimum Gasteiger partial charge on any atom is -0.495 e. The molecule has 1 saturated carbocycles. The Kier molecular flexibility index (Phi) is 31.7. The second-order valence-corrected chi connectivity index (χ2v) is 34.3. The largest absolute Gasteiger partial charge is 0.495 e. The summed E-state index contributed by atoms with van der Waals surface area (Å²) in [5.74, 6) is 5.97. The number of nitrogens with one attached hydrogen (secondary N) is 14. The minimum absolute atomic E-state index is 0.125. The van der Waals surface area contributed by atoms with Crippen LogP contribution in [0.15, 0.2) is 237 Å². The van der Waals surface area contributed by atoms with Crippen molar-refractivity contribution < 1.29 is 33.0 Å². The lowest BCUT2D eigenvalue weighted by molar-refractivity contribution is 0.0883. The van der Waals surface area contributed by atoms with E-state index in [0.717, 1.165) is 112 Å². The molecule has 0 saturated heterocycles. The lowest BCUT2D eigenvalue weighted by Crippen LogP contribution is -2.17. The molecule has 0 spiro atoms. The van der Waals surface area contributed by atoms with Crippen LogP contribution < -0.4 is 68.0 Å². The summed E-state index contributed by atoms with van der Waals surface area (Å²) >= 11 is 30.9. The van der Waals surface area contributed by atoms with Gasteiger partial charge in [0.05, 0.1) is 61.8 Å². The number of hydrogen-bond donors (Lipinski definition) is 14. The lowest BCUT2D eigenvalue weighted by Gasteiger charge is -2.15. The van der Waals surface area contributed by atoms with Crippen molar-refractivity contribution in [1.82, 2.24) is 101 Å². The monoisotopic (exact) mass is 1990 g/mol. The van der Waals surface area contributed by atoms with Crippen LogP contribution in [0, 0.1) is 40.4 Å². The fourth-order valence-corrected chi connectivity index (χ4v) is 15.2. The van der Waals surface area contributed by atoms with E-state index >= 15 is 4.39 Å². The second kappa shape index (κ2) is 45.1. The van der Waals surface area contributed by atoms with Crippen LogP contribution in [0.4, 0.5) is 97.5 Å². The topological polar surface area (TPSA) is 429 Å². The van der Waals surface area contributed by atoms with Crippen LogP contribution in [0.3, 0.4) is 0 Å². The predicted octanol–water partition coefficient (Wildman–Crippen LogP) is 22.6. The van der Waals surface area contributed by atoms with E-state index in [1.165, 1.54) is 37.9 Å². The maximum absolute atomic E-state index is 15.0. The Morgan fingerprint density at radius 3 is 1.21 bits per heavy atom. The van der Waals surface area contributed by atoms with Crippen LogP contribution in [0.2, 0.25) is 20.1 Å². The molecule has 17 aromatic rings. The van der Waals surface area contributed by atoms with Gasteiger partial charge in [0.15, 0.2) is 46.5 Å². The molecule has 0 unspecified atom stereocenters. The highest BCUT2D eigenvalue weighted by atomic mass is 35.5. The highest BCUT2D eigenvalue weighted by Gasteiger charge is 2.27. The first-order valence-corrected chi connectivity index (χ1v) is 45.6. The third-order valence-corrected chi connectivity index (χ3v) is 23.3. The van der Waals surface area contributed by atoms with Crippen molar-refractivity contribution in [2.45, 2.75) is 53.4 Å². The highest BCUT2D eigenvalue weighted by molar-refractivity contribution is 6.34. The van der Waals surface area contributed by atoms with E-state index in [1.54, 1.807) is 107 Å². The zero-order valence-corrected chi connectivity index (χ0v) is 81.8. The molecule has 8 aromatic heterocycles. The molecular weight excluding hydrogens is 1900 g/mol. The van der Waals surface area contributed by atoms with Gasteiger partial charge in [0, 0.05) is 123 Å². The van der Waals surface area contributed by atoms with Gasteiger partial charge in [-0.1, -0.05) is 131 Å². The zero-order valence-electron chi connectivity index (χ0n) is 78.0. The van der Waals surface area contributed by atoms with Gasteiger partial charge in [-0.25, -0.2) is 24.3 Å². The number of H-pyrrole nitrogens is 3. The number of hydrogen-bond acceptors (Lipinski definition) is 26. The van der Waals surface area contributed by atoms with Crippen LogP contribution in [0.25, 0.3) is 55.8 Å². The van der Waals surface area contributed by atoms with E-state index in [1.807, 2.05) is 175 Å². The van der Waals surface area contributed by atoms with Gasteiger partial charge in [0.2, 0.25) is 23.8 Å². The number of anilines is 16. The molecule has 1 aliphatic carbocycles. The number of halogens is 6. The molecule has 0 aliphatic heterocycles. The summed E-state index contributed by atoms with van der Waals surface area (Å²) in [6.45, 7) is 9.80. The van der Waals surface area contributed by atoms with Gasteiger partial charge >= 0.3 is 0 Å². The van der Waals surface area contributed by atoms with Gasteiger partial charge in [-0.3, -0.25) is 43.6 Å². The Labute approximate surface area is 834 Å². The Balaban J connectivity index is 0.000000142. The molecule has 0 radical (unpaired) electrons. The van der Waals surface area contributed by atoms with E-state index in [4.69, 9.17) is 67.7 Å². The van der Waals surface area contributed by atoms with E-state index < -0.39 is 5.82 Å². The first-order chi connectivity index (χ1) is 68.0. The number of aromatic nitrogens is 16. The van der Waals surface area contributed by atoms with Crippen molar-refractivity contribution in [3.05, 3.63) is 319 Å². The number of amides is 4. The summed E-state index contributed by atoms with van der Waals surface area (Å²) in [5.41, 5.74) is 19.9. The normalized spacial score (nSPS) is 11.2. The Bertz CT molecular complexity index is 7390. The quantitative estimate of drug-likeness (QED) is 0.0203. The maximum atomic E-state index is 15.0. The molecule has 18 rings (SSSR count). The van der Waals surface area contributed by atoms with E-state index in [-0.39, 0.29) is 35.3 Å². The van der Waals surface area contributed by atoms with Crippen molar-refractivity contribution in [2.75, 3.05) is 84.9 Å². The van der Waals surface area contributed by atoms with Gasteiger partial charge < -0.3 is 68.0 Å². The Hall–Kier alpha value is -16.6. The van der Waals surface area contributed by atoms with Crippen LogP contribution in [-0.2, 0) is 7.05 Å². The van der Waals surface area contributed by atoms with Gasteiger partial charge in [-0.05, 0) is 217 Å². The molecular formula is C101H94Cl5FN28O6. The fraction of sp³-hybridized carbons (Fsp3) is 0.149. The number of benzene rings is 9. The Morgan fingerprint density at radius 1 is 0.404 bits per heavy atom. The van der Waals surface area contributed by atoms with Crippen molar-refractivity contribution in [3.8, 4) is 67.3 Å². The van der Waals surface area contributed by atoms with Gasteiger partial charge in [-0.15, -0.1) is 0 Å². The summed E-state index contributed by atoms with van der Waals surface area (Å²) in [5, 5.41) is 60.2. The van der Waals surface area contributed by atoms with Crippen molar-refractivity contribution in [1.29, 1.82) is 0 Å². The third kappa shape index (κ3) is 25.1. The molecule has 4 amide bonds. The summed E-state index contributed by atoms with van der Waals surface area (Å²) in [6, 6.07) is 63.5. The third-order valence-electron chi connectivity index (χ3n) is 22.1. The number of methoxy groups -OCH3 is 2. The van der Waals surface area contributed by atoms with E-state index in [2.05, 4.69) is 140 Å². The minimum atomic E-state index is -0.463. The summed E-state index contributed by atoms with van der Waals surface area (Å²) in [7, 11) is 11.3. The van der Waals surface area contributed by atoms with Crippen LogP contribution >= 0.6 is 58.2 Å². The van der Waals surface area contributed by atoms with Crippen molar-refractivity contribution in [3.63, 3.8) is 0 Å². The molecule has 1 fully saturated rings. The first kappa shape index (κ1) is 98.9. The second-order valence-electron chi connectivity index (χ2n) is 32.1. The number of rotatable bonds is 28. The first-order valence-electron chi connectivity index (χ1n) is 43.8. The molecule has 14 N–H and O–H groups in total. The van der Waals surface area contributed by atoms with Gasteiger partial charge in [0.25, 0.3) is 23.6 Å². The smallest absolute Gasteiger partial charge is 0.267 e. The number of aromatic amines is 3. The van der Waals surface area contributed by atoms with Crippen molar-refractivity contribution in [2.24, 2.45) is 7.05 Å². The SMILES string of the molecule is CNC(=O)c1ccc(-c2cc(F)c(Nc3ncc(Cl)c(Nc4cc(C5CC5)[nH]n4)n3)cc2C)cc1.CNC(=O)c1ccc(-c2cc(OC)c(Nc3ncc(Cl)c(Nc4cc(-c5ccccc5)[nH]n4)n3)cc2C)cc1.CNC(=O)c1ccc(-c2cc(OC)c(Nc3ncc(Cl)c(Nc4ccn(C)n4)n3)cc2C)cc1.Cc1cc(Nc2nc(Nc3ccc(-c4ccc(C(=O)N(C)Cl)cc4)cc3C)ncc2Cl)n[nH]1. The molecule has 34 nitrogen and oxygen atoms in total. The Morgan fingerprint density at radius 2 is 0.794 bits per heavy atom. The molecule has 0 atom stereocenters. The van der Waals surface area contributed by atoms with Crippen LogP contribution in [0.5, 0.6) is 11.5 Å². The maximum Gasteiger partial charge on any atom is 0.267 e. The van der Waals surface area contributed by atoms with E-state index in [9.17, 15) is 19.2 Å². The standard InChI is InChI=1S/C29H26ClN7O2.C25H23ClFN7O.C24H24ClN7O2.C23H21Cl2N7O/c1-17-13-24(25(39-3)14-21(17)18-9-11-20(12-10-18)28(38)31-2)33-29-32-16-22(30)27(35-29)34-26-15-23(36-37-26)19-7-5-4-6-8-19;1-13-9-21(19(27)10-17(13)14-3-7-16(8-4-14)24(35)28-2)30-25-29-12-18(26)23(32-25)31-22-11-20(33-34-22)15-5-6-15;1-14-11-19(20(34-4)12-17(14)15-5-7-16(8-6-15)23(33)26-2)28-24-27-13-18(25)22(30-24)29-21-9-10-32(3)31-21;1-13-10-17(15-4-6-16(7-5-15)22(33)32(3)25)8-9-19(13)27-23-26-12-18(24)21(29-23)28-20-11-14(2)30-31-20/h4-16H,1-3H3,(H,31,38)(H3,32,33,34,35,36,37);3-4,7-12,15H,5-6H2,1-2H3,(H,28,35)(H3,29,30,31,32,33,34);5-13H,1-4H3,(H,26,33)(H2,27,28,29,30,31);4-12H,1-3H3,(H3,26,27,28,29,30,31). The molecule has 9 aromatic carbocycles. The summed E-state index contributed by atoms with van der Waals surface area (Å²) in [4.78, 5) is 82.4. The van der Waals surface area contributed by atoms with E-state index in [0.29, 0.717) is 136 Å². The number of carbonyl (C=O) groups is 4. The van der Waals surface area contributed by atoms with Gasteiger partial charge in [-0.2, -0.15) is 40.3 Å². The van der Waals surface area contributed by atoms with Crippen LogP contribution in [0.1, 0.15) is 93.8 Å². The average Bonchev–Trinajstić information content (AvgIpc) is 1.39. The number of ether oxygens (including phenoxy) is 2. The van der Waals surface area contributed by atoms with Gasteiger partial charge in [0.1, 0.15) is 37.4 Å². The summed E-state index contributed by atoms with van der Waals surface area (Å²) in [6.07, 6.45) is 10.2. The zero-order chi connectivity index (χ0) is 99.7. The summed E-state index contributed by atoms with van der Waals surface area (Å²) < 4.78 is 29.1. The predicted molar refractivity (Wildman–Crippen MR) is 553 cm³/mol. The molecule has 1 aliphatic rings. The molecule has 0 bridgehead atoms. The fourth-order valence-electron chi connectivity index (χ4n) is 14.6. The number of aryl methyl sites for hydroxylation is 6. The highest BCUT2D eigenvalue weighted by Crippen LogP contribution is 2.43. The lowest BCUT2D eigenvalue weighted by atomic mass is 9.98. The molecule has 8 heterocycles. The van der Waals surface area contributed by atoms with Crippen LogP contribution in [-0.4, -0.2) is 151 Å². The molecule has 40 heteroatoms. The average molecular weight is 1990 g/mol. The molecule has 141 heavy (non-hydrogen) atoms. The number of carbonyl (C=O) groups excluding carboxylic acids is 4.